The van der Waals surface area contributed by atoms with Crippen LogP contribution in [0.15, 0.2) is 47.2 Å². The first-order chi connectivity index (χ1) is 14.5. The van der Waals surface area contributed by atoms with Crippen LogP contribution in [-0.2, 0) is 11.2 Å². The lowest BCUT2D eigenvalue weighted by Gasteiger charge is -2.15. The van der Waals surface area contributed by atoms with Crippen molar-refractivity contribution in [2.24, 2.45) is 0 Å². The van der Waals surface area contributed by atoms with Crippen LogP contribution in [0.2, 0.25) is 0 Å². The van der Waals surface area contributed by atoms with Crippen LogP contribution in [0.5, 0.6) is 0 Å². The lowest BCUT2D eigenvalue weighted by Crippen LogP contribution is -2.32. The Morgan fingerprint density at radius 1 is 1.27 bits per heavy atom. The maximum Gasteiger partial charge on any atom is 0.242 e. The highest BCUT2D eigenvalue weighted by atomic mass is 32.1. The third kappa shape index (κ3) is 4.43. The lowest BCUT2D eigenvalue weighted by atomic mass is 10.1. The van der Waals surface area contributed by atoms with Gasteiger partial charge in [0.05, 0.1) is 15.6 Å². The van der Waals surface area contributed by atoms with Crippen LogP contribution in [0.3, 0.4) is 0 Å². The second-order valence-corrected chi connectivity index (χ2v) is 9.26. The first kappa shape index (κ1) is 20.6. The number of aromatic nitrogens is 4. The molecule has 2 N–H and O–H groups in total. The van der Waals surface area contributed by atoms with Crippen LogP contribution in [-0.4, -0.2) is 32.2 Å². The molecule has 0 radical (unpaired) electrons. The van der Waals surface area contributed by atoms with Gasteiger partial charge >= 0.3 is 0 Å². The molecule has 154 valence electrons. The molecule has 0 saturated carbocycles. The summed E-state index contributed by atoms with van der Waals surface area (Å²) >= 11 is 8.56. The van der Waals surface area contributed by atoms with Crippen LogP contribution >= 0.6 is 34.9 Å². The normalized spacial score (nSPS) is 12.1. The zero-order valence-electron chi connectivity index (χ0n) is 16.6. The molecule has 1 atom stereocenters. The number of hydrogen-bond acceptors (Lipinski definition) is 6. The summed E-state index contributed by atoms with van der Waals surface area (Å²) in [6.07, 6.45) is 0.753. The Labute approximate surface area is 187 Å². The van der Waals surface area contributed by atoms with Crippen molar-refractivity contribution in [3.63, 3.8) is 0 Å². The molecular weight excluding hydrogens is 434 g/mol. The van der Waals surface area contributed by atoms with Gasteiger partial charge < -0.3 is 5.32 Å². The number of carbonyl (C=O) groups is 1. The second kappa shape index (κ2) is 9.03. The number of carbonyl (C=O) groups excluding carboxylic acids is 1. The summed E-state index contributed by atoms with van der Waals surface area (Å²) in [7, 11) is 0. The number of rotatable bonds is 7. The Bertz CT molecular complexity index is 1190. The van der Waals surface area contributed by atoms with E-state index in [1.807, 2.05) is 31.4 Å². The average Bonchev–Trinajstić information content (AvgIpc) is 3.49. The molecule has 0 bridgehead atoms. The minimum atomic E-state index is -0.455. The molecule has 1 unspecified atom stereocenters. The fourth-order valence-corrected chi connectivity index (χ4v) is 4.80. The second-order valence-electron chi connectivity index (χ2n) is 6.87. The number of nitrogens with zero attached hydrogens (tertiary/aromatic N) is 3. The quantitative estimate of drug-likeness (QED) is 0.384. The van der Waals surface area contributed by atoms with Gasteiger partial charge in [-0.1, -0.05) is 30.3 Å². The first-order valence-corrected chi connectivity index (χ1v) is 11.7. The number of aromatic amines is 1. The van der Waals surface area contributed by atoms with Crippen molar-refractivity contribution in [3.05, 3.63) is 62.5 Å². The fraction of sp³-hybridized carbons (Fsp3) is 0.238. The van der Waals surface area contributed by atoms with Crippen LogP contribution in [0.1, 0.15) is 23.5 Å². The predicted molar refractivity (Wildman–Crippen MR) is 124 cm³/mol. The van der Waals surface area contributed by atoms with E-state index in [0.29, 0.717) is 17.1 Å². The van der Waals surface area contributed by atoms with Gasteiger partial charge in [0.1, 0.15) is 6.04 Å². The van der Waals surface area contributed by atoms with Crippen LogP contribution in [0.25, 0.3) is 22.0 Å². The summed E-state index contributed by atoms with van der Waals surface area (Å²) in [6, 6.07) is 11.8. The Morgan fingerprint density at radius 3 is 2.73 bits per heavy atom. The van der Waals surface area contributed by atoms with Crippen molar-refractivity contribution >= 4 is 40.8 Å². The maximum atomic E-state index is 12.7. The number of nitrogens with one attached hydrogen (secondary N) is 2. The molecule has 0 aliphatic carbocycles. The lowest BCUT2D eigenvalue weighted by molar-refractivity contribution is -0.123. The summed E-state index contributed by atoms with van der Waals surface area (Å²) in [5, 5.41) is 15.2. The standard InChI is InChI=1S/C21H21N5OS3/c1-13(26-19(24-25-21(26)28)18-4-3-11-29-18)20(27)22-10-9-15-5-7-16(8-6-15)17-12-30-14(2)23-17/h3-8,11-13H,9-10H2,1-2H3,(H,22,27)(H,25,28). The third-order valence-corrected chi connectivity index (χ3v) is 6.72. The van der Waals surface area contributed by atoms with E-state index in [2.05, 4.69) is 50.1 Å². The summed E-state index contributed by atoms with van der Waals surface area (Å²) in [5.74, 6) is 0.602. The van der Waals surface area contributed by atoms with Crippen molar-refractivity contribution in [2.75, 3.05) is 6.54 Å². The van der Waals surface area contributed by atoms with Crippen molar-refractivity contribution < 1.29 is 4.79 Å². The molecule has 3 aromatic heterocycles. The Kier molecular flexibility index (Phi) is 6.21. The molecule has 1 amide bonds. The summed E-state index contributed by atoms with van der Waals surface area (Å²) in [5.41, 5.74) is 3.28. The van der Waals surface area contributed by atoms with E-state index in [9.17, 15) is 4.79 Å². The Morgan fingerprint density at radius 2 is 2.07 bits per heavy atom. The largest absolute Gasteiger partial charge is 0.354 e. The van der Waals surface area contributed by atoms with E-state index in [-0.39, 0.29) is 5.91 Å². The number of hydrogen-bond donors (Lipinski definition) is 2. The third-order valence-electron chi connectivity index (χ3n) is 4.79. The molecule has 30 heavy (non-hydrogen) atoms. The van der Waals surface area contributed by atoms with Gasteiger partial charge in [0.15, 0.2) is 10.6 Å². The van der Waals surface area contributed by atoms with Gasteiger partial charge in [0.2, 0.25) is 5.91 Å². The van der Waals surface area contributed by atoms with Crippen LogP contribution < -0.4 is 5.32 Å². The average molecular weight is 456 g/mol. The smallest absolute Gasteiger partial charge is 0.242 e. The van der Waals surface area contributed by atoms with E-state index in [0.717, 1.165) is 33.1 Å². The number of thiazole rings is 1. The number of thiophene rings is 1. The molecule has 0 aliphatic heterocycles. The molecule has 4 aromatic rings. The number of aryl methyl sites for hydroxylation is 1. The number of amides is 1. The topological polar surface area (TPSA) is 75.6 Å². The van der Waals surface area contributed by atoms with Gasteiger partial charge in [0, 0.05) is 17.5 Å². The van der Waals surface area contributed by atoms with Crippen molar-refractivity contribution in [1.29, 1.82) is 0 Å². The molecule has 0 saturated heterocycles. The maximum absolute atomic E-state index is 12.7. The molecule has 3 heterocycles. The van der Waals surface area contributed by atoms with Gasteiger partial charge in [-0.2, -0.15) is 5.10 Å². The number of H-pyrrole nitrogens is 1. The molecule has 9 heteroatoms. The fourth-order valence-electron chi connectivity index (χ4n) is 3.18. The van der Waals surface area contributed by atoms with Gasteiger partial charge in [-0.25, -0.2) is 4.98 Å². The molecular formula is C21H21N5OS3. The van der Waals surface area contributed by atoms with Crippen molar-refractivity contribution in [3.8, 4) is 22.0 Å². The zero-order valence-corrected chi connectivity index (χ0v) is 19.0. The van der Waals surface area contributed by atoms with E-state index in [1.54, 1.807) is 27.2 Å². The van der Waals surface area contributed by atoms with Gasteiger partial charge in [-0.15, -0.1) is 22.7 Å². The minimum Gasteiger partial charge on any atom is -0.354 e. The molecule has 6 nitrogen and oxygen atoms in total. The highest BCUT2D eigenvalue weighted by Gasteiger charge is 2.21. The van der Waals surface area contributed by atoms with E-state index < -0.39 is 6.04 Å². The predicted octanol–water partition coefficient (Wildman–Crippen LogP) is 5.02. The highest BCUT2D eigenvalue weighted by Crippen LogP contribution is 2.25. The summed E-state index contributed by atoms with van der Waals surface area (Å²) in [6.45, 7) is 4.40. The molecule has 0 aliphatic rings. The Hall–Kier alpha value is -2.62. The van der Waals surface area contributed by atoms with Gasteiger partial charge in [-0.3, -0.25) is 14.5 Å². The van der Waals surface area contributed by atoms with Gasteiger partial charge in [0.25, 0.3) is 0 Å². The zero-order chi connectivity index (χ0) is 21.1. The summed E-state index contributed by atoms with van der Waals surface area (Å²) in [4.78, 5) is 18.2. The monoisotopic (exact) mass is 455 g/mol. The molecule has 0 fully saturated rings. The highest BCUT2D eigenvalue weighted by molar-refractivity contribution is 7.71. The summed E-state index contributed by atoms with van der Waals surface area (Å²) < 4.78 is 2.20. The van der Waals surface area contributed by atoms with E-state index in [1.165, 1.54) is 0 Å². The van der Waals surface area contributed by atoms with E-state index in [4.69, 9.17) is 12.2 Å². The SMILES string of the molecule is Cc1nc(-c2ccc(CCNC(=O)C(C)n3c(-c4cccs4)n[nH]c3=S)cc2)cs1. The van der Waals surface area contributed by atoms with Crippen molar-refractivity contribution in [2.45, 2.75) is 26.3 Å². The first-order valence-electron chi connectivity index (χ1n) is 9.53. The minimum absolute atomic E-state index is 0.0834. The molecule has 1 aromatic carbocycles. The molecule has 0 spiro atoms. The van der Waals surface area contributed by atoms with E-state index >= 15 is 0 Å². The Balaban J connectivity index is 1.36. The van der Waals surface area contributed by atoms with Crippen molar-refractivity contribution in [1.82, 2.24) is 25.1 Å². The van der Waals surface area contributed by atoms with Crippen LogP contribution in [0.4, 0.5) is 0 Å². The number of benzene rings is 1. The van der Waals surface area contributed by atoms with Crippen LogP contribution in [0, 0.1) is 11.7 Å². The van der Waals surface area contributed by atoms with Gasteiger partial charge in [-0.05, 0) is 49.5 Å². The molecule has 4 rings (SSSR count).